The molecule has 2 aromatic rings. The highest BCUT2D eigenvalue weighted by atomic mass is 15.2. The van der Waals surface area contributed by atoms with Gasteiger partial charge in [-0.1, -0.05) is 0 Å². The van der Waals surface area contributed by atoms with Crippen molar-refractivity contribution in [2.24, 2.45) is 0 Å². The Kier molecular flexibility index (Phi) is 0.943. The highest BCUT2D eigenvalue weighted by molar-refractivity contribution is 5.35. The van der Waals surface area contributed by atoms with Crippen LogP contribution in [0, 0.1) is 6.92 Å². The number of nitrogens with zero attached hydrogens (tertiary/aromatic N) is 4. The van der Waals surface area contributed by atoms with Gasteiger partial charge in [-0.15, -0.1) is 10.2 Å². The molecule has 2 heterocycles. The molecule has 0 aliphatic heterocycles. The van der Waals surface area contributed by atoms with Crippen molar-refractivity contribution in [3.8, 4) is 0 Å². The minimum atomic E-state index is 0.840. The molecule has 0 spiro atoms. The lowest BCUT2D eigenvalue weighted by atomic mass is 10.4. The van der Waals surface area contributed by atoms with Crippen molar-refractivity contribution in [1.29, 1.82) is 0 Å². The molecule has 4 nitrogen and oxygen atoms in total. The fraction of sp³-hybridized carbons (Fsp3) is 0.167. The molecule has 0 amide bonds. The minimum absolute atomic E-state index is 0.840. The topological polar surface area (TPSA) is 43.1 Å². The van der Waals surface area contributed by atoms with Crippen molar-refractivity contribution >= 4 is 5.65 Å². The summed E-state index contributed by atoms with van der Waals surface area (Å²) in [5.74, 6) is 0. The van der Waals surface area contributed by atoms with Crippen molar-refractivity contribution in [1.82, 2.24) is 19.6 Å². The molecule has 0 aromatic carbocycles. The Labute approximate surface area is 57.5 Å². The van der Waals surface area contributed by atoms with Gasteiger partial charge in [0.2, 0.25) is 0 Å². The summed E-state index contributed by atoms with van der Waals surface area (Å²) in [6.07, 6.45) is 3.33. The summed E-state index contributed by atoms with van der Waals surface area (Å²) in [6, 6.07) is 1.88. The van der Waals surface area contributed by atoms with Gasteiger partial charge in [-0.05, 0) is 6.92 Å². The van der Waals surface area contributed by atoms with Gasteiger partial charge in [0.05, 0.1) is 0 Å². The molecule has 0 saturated carbocycles. The van der Waals surface area contributed by atoms with Crippen LogP contribution in [-0.2, 0) is 0 Å². The monoisotopic (exact) mass is 134 g/mol. The molecule has 50 valence electrons. The van der Waals surface area contributed by atoms with Gasteiger partial charge in [-0.3, -0.25) is 4.40 Å². The molecule has 0 aliphatic rings. The van der Waals surface area contributed by atoms with E-state index in [1.165, 1.54) is 0 Å². The van der Waals surface area contributed by atoms with Crippen LogP contribution in [0.1, 0.15) is 5.69 Å². The third-order valence-electron chi connectivity index (χ3n) is 1.32. The van der Waals surface area contributed by atoms with Crippen LogP contribution in [0.25, 0.3) is 5.65 Å². The summed E-state index contributed by atoms with van der Waals surface area (Å²) in [7, 11) is 0. The average Bonchev–Trinajstić information content (AvgIpc) is 2.33. The first kappa shape index (κ1) is 5.34. The van der Waals surface area contributed by atoms with E-state index in [1.54, 1.807) is 17.1 Å². The zero-order valence-electron chi connectivity index (χ0n) is 5.52. The van der Waals surface area contributed by atoms with Crippen LogP contribution in [0.3, 0.4) is 0 Å². The molecule has 0 fully saturated rings. The first-order valence-corrected chi connectivity index (χ1v) is 2.98. The number of fused-ring (bicyclic) bond motifs is 1. The van der Waals surface area contributed by atoms with Gasteiger partial charge < -0.3 is 0 Å². The standard InChI is InChI=1S/C6H6N4/c1-5-2-6-9-8-4-10(6)3-7-5/h2-4H,1H3. The summed E-state index contributed by atoms with van der Waals surface area (Å²) in [5.41, 5.74) is 1.80. The van der Waals surface area contributed by atoms with Gasteiger partial charge in [-0.2, -0.15) is 0 Å². The molecule has 10 heavy (non-hydrogen) atoms. The maximum absolute atomic E-state index is 4.06. The van der Waals surface area contributed by atoms with Gasteiger partial charge in [0, 0.05) is 11.8 Å². The van der Waals surface area contributed by atoms with Crippen LogP contribution in [0.4, 0.5) is 0 Å². The van der Waals surface area contributed by atoms with Crippen molar-refractivity contribution < 1.29 is 0 Å². The van der Waals surface area contributed by atoms with Crippen molar-refractivity contribution in [2.75, 3.05) is 0 Å². The fourth-order valence-corrected chi connectivity index (χ4v) is 0.821. The molecule has 0 radical (unpaired) electrons. The number of rotatable bonds is 0. The van der Waals surface area contributed by atoms with Crippen LogP contribution in [-0.4, -0.2) is 19.6 Å². The first-order chi connectivity index (χ1) is 4.86. The summed E-state index contributed by atoms with van der Waals surface area (Å²) >= 11 is 0. The van der Waals surface area contributed by atoms with E-state index >= 15 is 0 Å². The Hall–Kier alpha value is -1.45. The van der Waals surface area contributed by atoms with Crippen molar-refractivity contribution in [3.63, 3.8) is 0 Å². The van der Waals surface area contributed by atoms with E-state index in [0.29, 0.717) is 0 Å². The van der Waals surface area contributed by atoms with E-state index in [4.69, 9.17) is 0 Å². The van der Waals surface area contributed by atoms with Crippen LogP contribution < -0.4 is 0 Å². The first-order valence-electron chi connectivity index (χ1n) is 2.98. The lowest BCUT2D eigenvalue weighted by Gasteiger charge is -1.90. The van der Waals surface area contributed by atoms with Gasteiger partial charge in [0.15, 0.2) is 5.65 Å². The summed E-state index contributed by atoms with van der Waals surface area (Å²) in [5, 5.41) is 7.57. The van der Waals surface area contributed by atoms with Crippen LogP contribution in [0.2, 0.25) is 0 Å². The Morgan fingerprint density at radius 3 is 3.20 bits per heavy atom. The quantitative estimate of drug-likeness (QED) is 0.524. The molecular weight excluding hydrogens is 128 g/mol. The molecule has 0 saturated heterocycles. The Morgan fingerprint density at radius 2 is 2.30 bits per heavy atom. The fourth-order valence-electron chi connectivity index (χ4n) is 0.821. The van der Waals surface area contributed by atoms with Crippen LogP contribution in [0.5, 0.6) is 0 Å². The molecule has 0 aliphatic carbocycles. The summed E-state index contributed by atoms with van der Waals surface area (Å²) < 4.78 is 1.77. The normalized spacial score (nSPS) is 10.5. The molecule has 0 N–H and O–H groups in total. The van der Waals surface area contributed by atoms with Gasteiger partial charge >= 0.3 is 0 Å². The van der Waals surface area contributed by atoms with E-state index < -0.39 is 0 Å². The van der Waals surface area contributed by atoms with E-state index in [-0.39, 0.29) is 0 Å². The van der Waals surface area contributed by atoms with Crippen molar-refractivity contribution in [3.05, 3.63) is 24.4 Å². The second kappa shape index (κ2) is 1.76. The summed E-state index contributed by atoms with van der Waals surface area (Å²) in [6.45, 7) is 1.93. The van der Waals surface area contributed by atoms with E-state index in [2.05, 4.69) is 15.2 Å². The Balaban J connectivity index is 2.86. The van der Waals surface area contributed by atoms with E-state index in [0.717, 1.165) is 11.3 Å². The van der Waals surface area contributed by atoms with Crippen LogP contribution in [0.15, 0.2) is 18.7 Å². The molecule has 2 rings (SSSR count). The zero-order chi connectivity index (χ0) is 6.97. The lowest BCUT2D eigenvalue weighted by Crippen LogP contribution is -1.87. The maximum atomic E-state index is 4.06. The molecule has 4 heteroatoms. The molecule has 0 unspecified atom stereocenters. The predicted molar refractivity (Wildman–Crippen MR) is 35.5 cm³/mol. The molecule has 0 bridgehead atoms. The van der Waals surface area contributed by atoms with Gasteiger partial charge in [-0.25, -0.2) is 4.98 Å². The largest absolute Gasteiger partial charge is 0.272 e. The second-order valence-corrected chi connectivity index (χ2v) is 2.13. The molecule has 2 aromatic heterocycles. The summed E-state index contributed by atoms with van der Waals surface area (Å²) in [4.78, 5) is 4.06. The second-order valence-electron chi connectivity index (χ2n) is 2.13. The highest BCUT2D eigenvalue weighted by Crippen LogP contribution is 1.97. The van der Waals surface area contributed by atoms with Crippen molar-refractivity contribution in [2.45, 2.75) is 6.92 Å². The Bertz CT molecular complexity index is 351. The minimum Gasteiger partial charge on any atom is -0.272 e. The molecular formula is C6H6N4. The number of aromatic nitrogens is 4. The molecule has 0 atom stereocenters. The third-order valence-corrected chi connectivity index (χ3v) is 1.32. The number of aryl methyl sites for hydroxylation is 1. The van der Waals surface area contributed by atoms with Crippen LogP contribution >= 0.6 is 0 Å². The predicted octanol–water partition coefficient (Wildman–Crippen LogP) is 0.433. The highest BCUT2D eigenvalue weighted by Gasteiger charge is 1.92. The van der Waals surface area contributed by atoms with Gasteiger partial charge in [0.25, 0.3) is 0 Å². The van der Waals surface area contributed by atoms with E-state index in [1.807, 2.05) is 13.0 Å². The smallest absolute Gasteiger partial charge is 0.163 e. The Morgan fingerprint density at radius 1 is 1.40 bits per heavy atom. The third kappa shape index (κ3) is 0.655. The lowest BCUT2D eigenvalue weighted by molar-refractivity contribution is 1.04. The maximum Gasteiger partial charge on any atom is 0.163 e. The SMILES string of the molecule is Cc1cc2nncn2cn1. The zero-order valence-corrected chi connectivity index (χ0v) is 5.52. The number of hydrogen-bond acceptors (Lipinski definition) is 3. The average molecular weight is 134 g/mol. The van der Waals surface area contributed by atoms with Gasteiger partial charge in [0.1, 0.15) is 12.7 Å². The van der Waals surface area contributed by atoms with E-state index in [9.17, 15) is 0 Å². The number of hydrogen-bond donors (Lipinski definition) is 0.